The lowest BCUT2D eigenvalue weighted by Crippen LogP contribution is -2.08. The van der Waals surface area contributed by atoms with E-state index in [9.17, 15) is 14.7 Å². The van der Waals surface area contributed by atoms with Crippen molar-refractivity contribution >= 4 is 11.8 Å². The van der Waals surface area contributed by atoms with Crippen molar-refractivity contribution in [3.8, 4) is 5.75 Å². The molecular formula is C20H22O4. The van der Waals surface area contributed by atoms with Crippen LogP contribution in [0.2, 0.25) is 0 Å². The molecule has 4 nitrogen and oxygen atoms in total. The molecule has 0 unspecified atom stereocenters. The number of ether oxygens (including phenoxy) is 1. The number of aromatic hydroxyl groups is 1. The number of carbonyl (C=O) groups is 2. The topological polar surface area (TPSA) is 63.6 Å². The van der Waals surface area contributed by atoms with Crippen LogP contribution in [0, 0.1) is 0 Å². The summed E-state index contributed by atoms with van der Waals surface area (Å²) in [6.45, 7) is 2.02. The molecule has 0 atom stereocenters. The Kier molecular flexibility index (Phi) is 6.55. The summed E-state index contributed by atoms with van der Waals surface area (Å²) in [4.78, 5) is 23.6. The highest BCUT2D eigenvalue weighted by Crippen LogP contribution is 2.22. The highest BCUT2D eigenvalue weighted by atomic mass is 16.5. The molecule has 0 fully saturated rings. The van der Waals surface area contributed by atoms with E-state index in [4.69, 9.17) is 4.74 Å². The quantitative estimate of drug-likeness (QED) is 0.593. The van der Waals surface area contributed by atoms with Gasteiger partial charge in [0.25, 0.3) is 0 Å². The average molecular weight is 326 g/mol. The molecule has 4 heteroatoms. The Labute approximate surface area is 142 Å². The second kappa shape index (κ2) is 8.87. The predicted molar refractivity (Wildman–Crippen MR) is 92.2 cm³/mol. The van der Waals surface area contributed by atoms with Gasteiger partial charge in [0.1, 0.15) is 5.75 Å². The van der Waals surface area contributed by atoms with Crippen molar-refractivity contribution in [3.63, 3.8) is 0 Å². The van der Waals surface area contributed by atoms with E-state index in [-0.39, 0.29) is 29.9 Å². The number of carbonyl (C=O) groups excluding carboxylic acids is 2. The van der Waals surface area contributed by atoms with E-state index < -0.39 is 5.97 Å². The van der Waals surface area contributed by atoms with Gasteiger partial charge in [0.15, 0.2) is 5.78 Å². The number of rotatable bonds is 8. The number of Topliss-reactive ketones (excluding diaryl/α,β-unsaturated/α-hetero) is 1. The number of aryl methyl sites for hydroxylation is 2. The van der Waals surface area contributed by atoms with Gasteiger partial charge in [-0.1, -0.05) is 36.4 Å². The fourth-order valence-electron chi connectivity index (χ4n) is 2.48. The predicted octanol–water partition coefficient (Wildman–Crippen LogP) is 3.70. The first-order valence-corrected chi connectivity index (χ1v) is 8.14. The SMILES string of the molecule is CCOC(=O)CCC(=O)c1cc(CCc2ccccc2)ccc1O. The van der Waals surface area contributed by atoms with E-state index in [0.717, 1.165) is 18.4 Å². The molecular weight excluding hydrogens is 304 g/mol. The Hall–Kier alpha value is -2.62. The molecule has 2 aromatic carbocycles. The Morgan fingerprint density at radius 3 is 2.38 bits per heavy atom. The van der Waals surface area contributed by atoms with Crippen LogP contribution in [-0.4, -0.2) is 23.5 Å². The summed E-state index contributed by atoms with van der Waals surface area (Å²) in [7, 11) is 0. The zero-order chi connectivity index (χ0) is 17.4. The highest BCUT2D eigenvalue weighted by Gasteiger charge is 2.14. The van der Waals surface area contributed by atoms with Crippen molar-refractivity contribution in [2.24, 2.45) is 0 Å². The lowest BCUT2D eigenvalue weighted by Gasteiger charge is -2.08. The zero-order valence-electron chi connectivity index (χ0n) is 13.8. The minimum atomic E-state index is -0.398. The maximum Gasteiger partial charge on any atom is 0.306 e. The summed E-state index contributed by atoms with van der Waals surface area (Å²) >= 11 is 0. The molecule has 126 valence electrons. The molecule has 0 aliphatic rings. The first kappa shape index (κ1) is 17.7. The van der Waals surface area contributed by atoms with Crippen molar-refractivity contribution in [2.75, 3.05) is 6.61 Å². The van der Waals surface area contributed by atoms with Crippen LogP contribution < -0.4 is 0 Å². The summed E-state index contributed by atoms with van der Waals surface area (Å²) < 4.78 is 4.82. The van der Waals surface area contributed by atoms with Crippen molar-refractivity contribution in [2.45, 2.75) is 32.6 Å². The number of phenolic OH excluding ortho intramolecular Hbond substituents is 1. The van der Waals surface area contributed by atoms with E-state index in [1.54, 1.807) is 13.0 Å². The lowest BCUT2D eigenvalue weighted by molar-refractivity contribution is -0.143. The molecule has 0 aliphatic heterocycles. The summed E-state index contributed by atoms with van der Waals surface area (Å²) in [6.07, 6.45) is 1.71. The molecule has 2 aromatic rings. The largest absolute Gasteiger partial charge is 0.507 e. The summed E-state index contributed by atoms with van der Waals surface area (Å²) in [6, 6.07) is 15.2. The standard InChI is InChI=1S/C20H22O4/c1-2-24-20(23)13-12-19(22)17-14-16(10-11-18(17)21)9-8-15-6-4-3-5-7-15/h3-7,10-11,14,21H,2,8-9,12-13H2,1H3. The smallest absolute Gasteiger partial charge is 0.306 e. The molecule has 0 bridgehead atoms. The number of hydrogen-bond donors (Lipinski definition) is 1. The lowest BCUT2D eigenvalue weighted by atomic mass is 9.99. The van der Waals surface area contributed by atoms with Gasteiger partial charge in [0.2, 0.25) is 0 Å². The molecule has 0 saturated heterocycles. The highest BCUT2D eigenvalue weighted by molar-refractivity contribution is 6.00. The molecule has 0 spiro atoms. The van der Waals surface area contributed by atoms with Gasteiger partial charge in [0, 0.05) is 6.42 Å². The van der Waals surface area contributed by atoms with Gasteiger partial charge in [-0.05, 0) is 43.0 Å². The molecule has 0 heterocycles. The molecule has 1 N–H and O–H groups in total. The van der Waals surface area contributed by atoms with Gasteiger partial charge in [-0.2, -0.15) is 0 Å². The number of ketones is 1. The van der Waals surface area contributed by atoms with E-state index in [1.165, 1.54) is 11.6 Å². The van der Waals surface area contributed by atoms with Crippen molar-refractivity contribution < 1.29 is 19.4 Å². The van der Waals surface area contributed by atoms with Crippen LogP contribution in [0.4, 0.5) is 0 Å². The molecule has 0 aliphatic carbocycles. The molecule has 0 radical (unpaired) electrons. The van der Waals surface area contributed by atoms with Crippen LogP contribution in [-0.2, 0) is 22.4 Å². The number of esters is 1. The van der Waals surface area contributed by atoms with Crippen LogP contribution in [0.5, 0.6) is 5.75 Å². The minimum Gasteiger partial charge on any atom is -0.507 e. The van der Waals surface area contributed by atoms with Crippen LogP contribution in [0.15, 0.2) is 48.5 Å². The first-order chi connectivity index (χ1) is 11.6. The molecule has 0 aromatic heterocycles. The van der Waals surface area contributed by atoms with Gasteiger partial charge in [-0.3, -0.25) is 9.59 Å². The second-order valence-corrected chi connectivity index (χ2v) is 5.57. The molecule has 0 amide bonds. The van der Waals surface area contributed by atoms with Crippen LogP contribution >= 0.6 is 0 Å². The van der Waals surface area contributed by atoms with E-state index in [2.05, 4.69) is 12.1 Å². The molecule has 0 saturated carbocycles. The van der Waals surface area contributed by atoms with E-state index in [0.29, 0.717) is 6.61 Å². The summed E-state index contributed by atoms with van der Waals surface area (Å²) in [5, 5.41) is 9.92. The van der Waals surface area contributed by atoms with Crippen molar-refractivity contribution in [3.05, 3.63) is 65.2 Å². The van der Waals surface area contributed by atoms with Crippen LogP contribution in [0.25, 0.3) is 0 Å². The molecule has 2 rings (SSSR count). The van der Waals surface area contributed by atoms with Gasteiger partial charge in [-0.15, -0.1) is 0 Å². The number of hydrogen-bond acceptors (Lipinski definition) is 4. The first-order valence-electron chi connectivity index (χ1n) is 8.14. The maximum atomic E-state index is 12.2. The van der Waals surface area contributed by atoms with E-state index in [1.807, 2.05) is 24.3 Å². The Bertz CT molecular complexity index is 692. The third-order valence-corrected chi connectivity index (χ3v) is 3.77. The van der Waals surface area contributed by atoms with Gasteiger partial charge >= 0.3 is 5.97 Å². The zero-order valence-corrected chi connectivity index (χ0v) is 13.8. The van der Waals surface area contributed by atoms with Crippen LogP contribution in [0.1, 0.15) is 41.3 Å². The van der Waals surface area contributed by atoms with Crippen molar-refractivity contribution in [1.29, 1.82) is 0 Å². The van der Waals surface area contributed by atoms with Gasteiger partial charge in [0.05, 0.1) is 18.6 Å². The third-order valence-electron chi connectivity index (χ3n) is 3.77. The fraction of sp³-hybridized carbons (Fsp3) is 0.300. The Balaban J connectivity index is 1.99. The second-order valence-electron chi connectivity index (χ2n) is 5.57. The molecule has 24 heavy (non-hydrogen) atoms. The maximum absolute atomic E-state index is 12.2. The third kappa shape index (κ3) is 5.23. The Morgan fingerprint density at radius 2 is 1.67 bits per heavy atom. The fourth-order valence-corrected chi connectivity index (χ4v) is 2.48. The average Bonchev–Trinajstić information content (AvgIpc) is 2.60. The monoisotopic (exact) mass is 326 g/mol. The summed E-state index contributed by atoms with van der Waals surface area (Å²) in [5.41, 5.74) is 2.47. The summed E-state index contributed by atoms with van der Waals surface area (Å²) in [5.74, 6) is -0.694. The van der Waals surface area contributed by atoms with E-state index >= 15 is 0 Å². The van der Waals surface area contributed by atoms with Gasteiger partial charge in [-0.25, -0.2) is 0 Å². The number of benzene rings is 2. The van der Waals surface area contributed by atoms with Crippen LogP contribution in [0.3, 0.4) is 0 Å². The minimum absolute atomic E-state index is 0.0281. The van der Waals surface area contributed by atoms with Gasteiger partial charge < -0.3 is 9.84 Å². The Morgan fingerprint density at radius 1 is 0.958 bits per heavy atom. The van der Waals surface area contributed by atoms with Crippen molar-refractivity contribution in [1.82, 2.24) is 0 Å². The number of phenols is 1. The normalized spacial score (nSPS) is 10.4.